The molecule has 0 amide bonds. The van der Waals surface area contributed by atoms with E-state index in [1.165, 1.54) is 11.1 Å². The Morgan fingerprint density at radius 2 is 1.83 bits per heavy atom. The van der Waals surface area contributed by atoms with Crippen LogP contribution in [-0.4, -0.2) is 4.98 Å². The molecule has 0 radical (unpaired) electrons. The maximum atomic E-state index is 5.83. The van der Waals surface area contributed by atoms with Gasteiger partial charge in [0.15, 0.2) is 0 Å². The number of hydrogen-bond donors (Lipinski definition) is 1. The summed E-state index contributed by atoms with van der Waals surface area (Å²) in [6.45, 7) is 5.15. The van der Waals surface area contributed by atoms with Gasteiger partial charge in [-0.25, -0.2) is 4.98 Å². The number of nitrogens with zero attached hydrogens (tertiary/aromatic N) is 1. The van der Waals surface area contributed by atoms with Crippen molar-refractivity contribution in [2.24, 2.45) is 0 Å². The number of hydrogen-bond acceptors (Lipinski definition) is 2. The van der Waals surface area contributed by atoms with E-state index in [9.17, 15) is 0 Å². The molecule has 3 heteroatoms. The highest BCUT2D eigenvalue weighted by Crippen LogP contribution is 2.15. The Labute approximate surface area is 113 Å². The summed E-state index contributed by atoms with van der Waals surface area (Å²) in [4.78, 5) is 4.19. The van der Waals surface area contributed by atoms with E-state index >= 15 is 0 Å². The highest BCUT2D eigenvalue weighted by molar-refractivity contribution is 6.29. The molecule has 2 nitrogen and oxygen atoms in total. The van der Waals surface area contributed by atoms with Gasteiger partial charge < -0.3 is 5.32 Å². The second-order valence-electron chi connectivity index (χ2n) is 4.60. The SMILES string of the molecule is CC(C)c1ccc(CNc2cccc(Cl)n2)cc1. The van der Waals surface area contributed by atoms with Crippen LogP contribution < -0.4 is 5.32 Å². The highest BCUT2D eigenvalue weighted by Gasteiger charge is 1.99. The predicted octanol–water partition coefficient (Wildman–Crippen LogP) is 4.47. The summed E-state index contributed by atoms with van der Waals surface area (Å²) < 4.78 is 0. The molecule has 1 aromatic heterocycles. The fraction of sp³-hybridized carbons (Fsp3) is 0.267. The molecule has 0 unspecified atom stereocenters. The van der Waals surface area contributed by atoms with E-state index in [4.69, 9.17) is 11.6 Å². The molecule has 2 rings (SSSR count). The smallest absolute Gasteiger partial charge is 0.131 e. The third-order valence-corrected chi connectivity index (χ3v) is 3.05. The van der Waals surface area contributed by atoms with Gasteiger partial charge >= 0.3 is 0 Å². The van der Waals surface area contributed by atoms with E-state index < -0.39 is 0 Å². The van der Waals surface area contributed by atoms with Crippen LogP contribution in [0.1, 0.15) is 30.9 Å². The monoisotopic (exact) mass is 260 g/mol. The fourth-order valence-electron chi connectivity index (χ4n) is 1.72. The molecule has 0 atom stereocenters. The molecule has 94 valence electrons. The summed E-state index contributed by atoms with van der Waals surface area (Å²) in [5.41, 5.74) is 2.60. The van der Waals surface area contributed by atoms with Crippen LogP contribution in [0.3, 0.4) is 0 Å². The summed E-state index contributed by atoms with van der Waals surface area (Å²) in [5, 5.41) is 3.76. The molecule has 2 aromatic rings. The molecule has 0 spiro atoms. The lowest BCUT2D eigenvalue weighted by molar-refractivity contribution is 0.865. The Morgan fingerprint density at radius 3 is 2.44 bits per heavy atom. The van der Waals surface area contributed by atoms with Gasteiger partial charge in [0.25, 0.3) is 0 Å². The van der Waals surface area contributed by atoms with Gasteiger partial charge in [-0.3, -0.25) is 0 Å². The van der Waals surface area contributed by atoms with E-state index in [1.807, 2.05) is 12.1 Å². The van der Waals surface area contributed by atoms with Gasteiger partial charge in [0.2, 0.25) is 0 Å². The van der Waals surface area contributed by atoms with Gasteiger partial charge in [-0.15, -0.1) is 0 Å². The lowest BCUT2D eigenvalue weighted by Crippen LogP contribution is -2.01. The molecule has 1 N–H and O–H groups in total. The fourth-order valence-corrected chi connectivity index (χ4v) is 1.88. The number of halogens is 1. The third-order valence-electron chi connectivity index (χ3n) is 2.84. The van der Waals surface area contributed by atoms with Gasteiger partial charge in [-0.1, -0.05) is 55.8 Å². The Hall–Kier alpha value is -1.54. The Bertz CT molecular complexity index is 506. The van der Waals surface area contributed by atoms with Crippen molar-refractivity contribution in [1.82, 2.24) is 4.98 Å². The van der Waals surface area contributed by atoms with Crippen molar-refractivity contribution in [3.8, 4) is 0 Å². The topological polar surface area (TPSA) is 24.9 Å². The van der Waals surface area contributed by atoms with Gasteiger partial charge in [-0.2, -0.15) is 0 Å². The normalized spacial score (nSPS) is 10.7. The number of benzene rings is 1. The van der Waals surface area contributed by atoms with Crippen molar-refractivity contribution in [2.75, 3.05) is 5.32 Å². The minimum Gasteiger partial charge on any atom is -0.366 e. The number of aromatic nitrogens is 1. The number of pyridine rings is 1. The van der Waals surface area contributed by atoms with Crippen LogP contribution in [0.15, 0.2) is 42.5 Å². The van der Waals surface area contributed by atoms with Gasteiger partial charge in [0.1, 0.15) is 11.0 Å². The number of anilines is 1. The zero-order valence-electron chi connectivity index (χ0n) is 10.7. The maximum absolute atomic E-state index is 5.83. The minimum absolute atomic E-state index is 0.509. The Kier molecular flexibility index (Phi) is 4.21. The first-order valence-corrected chi connectivity index (χ1v) is 6.48. The average Bonchev–Trinajstić information content (AvgIpc) is 2.37. The lowest BCUT2D eigenvalue weighted by atomic mass is 10.0. The quantitative estimate of drug-likeness (QED) is 0.821. The van der Waals surface area contributed by atoms with Crippen LogP contribution in [0.25, 0.3) is 0 Å². The van der Waals surface area contributed by atoms with Crippen molar-refractivity contribution in [3.05, 3.63) is 58.7 Å². The summed E-state index contributed by atoms with van der Waals surface area (Å²) >= 11 is 5.83. The van der Waals surface area contributed by atoms with Crippen molar-refractivity contribution in [2.45, 2.75) is 26.3 Å². The van der Waals surface area contributed by atoms with E-state index in [1.54, 1.807) is 6.07 Å². The highest BCUT2D eigenvalue weighted by atomic mass is 35.5. The zero-order chi connectivity index (χ0) is 13.0. The van der Waals surface area contributed by atoms with Crippen LogP contribution in [0, 0.1) is 0 Å². The first kappa shape index (κ1) is 12.9. The molecule has 0 saturated heterocycles. The molecule has 0 aliphatic heterocycles. The van der Waals surface area contributed by atoms with Crippen molar-refractivity contribution >= 4 is 17.4 Å². The molecule has 1 heterocycles. The molecule has 0 aliphatic carbocycles. The van der Waals surface area contributed by atoms with Crippen LogP contribution in [0.4, 0.5) is 5.82 Å². The summed E-state index contributed by atoms with van der Waals surface area (Å²) in [6.07, 6.45) is 0. The molecule has 0 fully saturated rings. The van der Waals surface area contributed by atoms with Gasteiger partial charge in [0, 0.05) is 6.54 Å². The van der Waals surface area contributed by atoms with Gasteiger partial charge in [0.05, 0.1) is 0 Å². The zero-order valence-corrected chi connectivity index (χ0v) is 11.4. The van der Waals surface area contributed by atoms with Crippen LogP contribution >= 0.6 is 11.6 Å². The van der Waals surface area contributed by atoms with Crippen molar-refractivity contribution < 1.29 is 0 Å². The molecule has 0 aliphatic rings. The lowest BCUT2D eigenvalue weighted by Gasteiger charge is -2.08. The maximum Gasteiger partial charge on any atom is 0.131 e. The summed E-state index contributed by atoms with van der Waals surface area (Å²) in [6, 6.07) is 14.2. The molecular formula is C15H17ClN2. The van der Waals surface area contributed by atoms with Crippen molar-refractivity contribution in [1.29, 1.82) is 0 Å². The second-order valence-corrected chi connectivity index (χ2v) is 4.98. The van der Waals surface area contributed by atoms with Crippen LogP contribution in [0.5, 0.6) is 0 Å². The molecule has 0 saturated carbocycles. The second kappa shape index (κ2) is 5.87. The Balaban J connectivity index is 1.98. The van der Waals surface area contributed by atoms with E-state index in [-0.39, 0.29) is 0 Å². The molecule has 1 aromatic carbocycles. The predicted molar refractivity (Wildman–Crippen MR) is 77.1 cm³/mol. The largest absolute Gasteiger partial charge is 0.366 e. The minimum atomic E-state index is 0.509. The van der Waals surface area contributed by atoms with Crippen LogP contribution in [-0.2, 0) is 6.54 Å². The molecular weight excluding hydrogens is 244 g/mol. The van der Waals surface area contributed by atoms with Crippen molar-refractivity contribution in [3.63, 3.8) is 0 Å². The first-order valence-electron chi connectivity index (χ1n) is 6.10. The third kappa shape index (κ3) is 3.47. The number of nitrogens with one attached hydrogen (secondary N) is 1. The van der Waals surface area contributed by atoms with Gasteiger partial charge in [-0.05, 0) is 29.2 Å². The summed E-state index contributed by atoms with van der Waals surface area (Å²) in [5.74, 6) is 1.37. The van der Waals surface area contributed by atoms with Crippen LogP contribution in [0.2, 0.25) is 5.15 Å². The average molecular weight is 261 g/mol. The first-order chi connectivity index (χ1) is 8.65. The Morgan fingerprint density at radius 1 is 1.11 bits per heavy atom. The molecule has 0 bridgehead atoms. The van der Waals surface area contributed by atoms with E-state index in [0.29, 0.717) is 11.1 Å². The van der Waals surface area contributed by atoms with E-state index in [2.05, 4.69) is 48.4 Å². The van der Waals surface area contributed by atoms with E-state index in [0.717, 1.165) is 12.4 Å². The molecule has 18 heavy (non-hydrogen) atoms. The number of rotatable bonds is 4. The summed E-state index contributed by atoms with van der Waals surface area (Å²) in [7, 11) is 0. The standard InChI is InChI=1S/C15H17ClN2/c1-11(2)13-8-6-12(7-9-13)10-17-15-5-3-4-14(16)18-15/h3-9,11H,10H2,1-2H3,(H,17,18).